The van der Waals surface area contributed by atoms with Gasteiger partial charge in [-0.1, -0.05) is 17.7 Å². The summed E-state index contributed by atoms with van der Waals surface area (Å²) in [5.41, 5.74) is 6.53. The van der Waals surface area contributed by atoms with Gasteiger partial charge in [0.25, 0.3) is 5.91 Å². The van der Waals surface area contributed by atoms with Gasteiger partial charge in [-0.15, -0.1) is 0 Å². The highest BCUT2D eigenvalue weighted by Gasteiger charge is 2.26. The van der Waals surface area contributed by atoms with Gasteiger partial charge in [-0.05, 0) is 12.1 Å². The molecule has 0 atom stereocenters. The number of hydrogen-bond acceptors (Lipinski definition) is 4. The van der Waals surface area contributed by atoms with Gasteiger partial charge in [-0.2, -0.15) is 0 Å². The molecular weight excluding hydrogens is 294 g/mol. The van der Waals surface area contributed by atoms with E-state index in [2.05, 4.69) is 0 Å². The summed E-state index contributed by atoms with van der Waals surface area (Å²) in [7, 11) is 1.48. The number of carbonyl (C=O) groups excluding carboxylic acids is 2. The van der Waals surface area contributed by atoms with Gasteiger partial charge in [0.1, 0.15) is 6.61 Å². The number of rotatable bonds is 3. The third-order valence-corrected chi connectivity index (χ3v) is 3.76. The Bertz CT molecular complexity index is 522. The molecule has 0 unspecified atom stereocenters. The predicted molar refractivity (Wildman–Crippen MR) is 80.2 cm³/mol. The number of nitrogens with two attached hydrogens (primary N) is 1. The molecule has 1 aromatic carbocycles. The van der Waals surface area contributed by atoms with Gasteiger partial charge in [0, 0.05) is 39.0 Å². The first-order valence-corrected chi connectivity index (χ1v) is 7.02. The first kappa shape index (κ1) is 15.6. The second-order valence-electron chi connectivity index (χ2n) is 4.81. The number of halogens is 1. The number of nitrogen functional groups attached to an aromatic ring is 1. The molecular formula is C14H18ClN3O3. The fourth-order valence-corrected chi connectivity index (χ4v) is 2.56. The number of anilines is 1. The lowest BCUT2D eigenvalue weighted by molar-refractivity contribution is -0.136. The Morgan fingerprint density at radius 3 is 2.43 bits per heavy atom. The lowest BCUT2D eigenvalue weighted by Crippen LogP contribution is -2.51. The molecule has 1 fully saturated rings. The summed E-state index contributed by atoms with van der Waals surface area (Å²) in [4.78, 5) is 27.5. The molecule has 0 aliphatic carbocycles. The Labute approximate surface area is 128 Å². The molecule has 0 radical (unpaired) electrons. The largest absolute Gasteiger partial charge is 0.398 e. The average molecular weight is 312 g/mol. The van der Waals surface area contributed by atoms with E-state index in [-0.39, 0.29) is 18.4 Å². The number of hydrogen-bond donors (Lipinski definition) is 1. The third kappa shape index (κ3) is 3.46. The summed E-state index contributed by atoms with van der Waals surface area (Å²) < 4.78 is 4.83. The number of ether oxygens (including phenoxy) is 1. The van der Waals surface area contributed by atoms with Crippen LogP contribution >= 0.6 is 11.6 Å². The van der Waals surface area contributed by atoms with Crippen LogP contribution in [0.5, 0.6) is 0 Å². The normalized spacial score (nSPS) is 15.1. The number of nitrogens with zero attached hydrogens (tertiary/aromatic N) is 2. The van der Waals surface area contributed by atoms with Crippen LogP contribution in [0.1, 0.15) is 10.4 Å². The maximum absolute atomic E-state index is 12.5. The highest BCUT2D eigenvalue weighted by atomic mass is 35.5. The van der Waals surface area contributed by atoms with Crippen LogP contribution in [-0.2, 0) is 9.53 Å². The Morgan fingerprint density at radius 1 is 1.24 bits per heavy atom. The number of piperazine rings is 1. The fourth-order valence-electron chi connectivity index (χ4n) is 2.30. The van der Waals surface area contributed by atoms with Gasteiger partial charge in [-0.25, -0.2) is 0 Å². The summed E-state index contributed by atoms with van der Waals surface area (Å²) in [5.74, 6) is -0.265. The highest BCUT2D eigenvalue weighted by Crippen LogP contribution is 2.24. The van der Waals surface area contributed by atoms with Crippen molar-refractivity contribution in [1.82, 2.24) is 9.80 Å². The van der Waals surface area contributed by atoms with Gasteiger partial charge >= 0.3 is 0 Å². The first-order valence-electron chi connectivity index (χ1n) is 6.64. The molecule has 2 amide bonds. The van der Waals surface area contributed by atoms with Crippen molar-refractivity contribution in [3.05, 3.63) is 28.8 Å². The molecule has 1 aliphatic rings. The molecule has 1 heterocycles. The molecule has 2 rings (SSSR count). The minimum atomic E-state index is -0.197. The molecule has 0 spiro atoms. The van der Waals surface area contributed by atoms with E-state index in [1.54, 1.807) is 28.0 Å². The Balaban J connectivity index is 2.02. The zero-order chi connectivity index (χ0) is 15.4. The van der Waals surface area contributed by atoms with Crippen LogP contribution in [0.2, 0.25) is 5.02 Å². The van der Waals surface area contributed by atoms with Crippen LogP contribution in [0.3, 0.4) is 0 Å². The Hall–Kier alpha value is -1.79. The van der Waals surface area contributed by atoms with Crippen molar-refractivity contribution in [1.29, 1.82) is 0 Å². The lowest BCUT2D eigenvalue weighted by Gasteiger charge is -2.35. The quantitative estimate of drug-likeness (QED) is 0.840. The molecule has 7 heteroatoms. The van der Waals surface area contributed by atoms with E-state index in [1.165, 1.54) is 7.11 Å². The van der Waals surface area contributed by atoms with Crippen molar-refractivity contribution in [3.63, 3.8) is 0 Å². The molecule has 0 bridgehead atoms. The van der Waals surface area contributed by atoms with E-state index in [4.69, 9.17) is 22.1 Å². The fraction of sp³-hybridized carbons (Fsp3) is 0.429. The van der Waals surface area contributed by atoms with Gasteiger partial charge < -0.3 is 20.3 Å². The van der Waals surface area contributed by atoms with Crippen molar-refractivity contribution in [3.8, 4) is 0 Å². The van der Waals surface area contributed by atoms with Crippen LogP contribution in [-0.4, -0.2) is 61.5 Å². The number of carbonyl (C=O) groups is 2. The summed E-state index contributed by atoms with van der Waals surface area (Å²) in [6.45, 7) is 1.94. The second kappa shape index (κ2) is 6.78. The smallest absolute Gasteiger partial charge is 0.257 e. The van der Waals surface area contributed by atoms with E-state index in [0.29, 0.717) is 42.5 Å². The van der Waals surface area contributed by atoms with Gasteiger partial charge in [0.05, 0.1) is 10.6 Å². The van der Waals surface area contributed by atoms with Crippen LogP contribution in [0, 0.1) is 0 Å². The molecule has 0 aromatic heterocycles. The van der Waals surface area contributed by atoms with E-state index in [1.807, 2.05) is 0 Å². The van der Waals surface area contributed by atoms with Crippen LogP contribution in [0.4, 0.5) is 5.69 Å². The van der Waals surface area contributed by atoms with Gasteiger partial charge in [0.15, 0.2) is 0 Å². The molecule has 1 aliphatic heterocycles. The minimum absolute atomic E-state index is 0.0609. The number of benzene rings is 1. The number of methoxy groups -OCH3 is 1. The molecule has 6 nitrogen and oxygen atoms in total. The van der Waals surface area contributed by atoms with Crippen molar-refractivity contribution in [2.45, 2.75) is 0 Å². The number of amides is 2. The van der Waals surface area contributed by atoms with Crippen LogP contribution < -0.4 is 5.73 Å². The molecule has 2 N–H and O–H groups in total. The Kier molecular flexibility index (Phi) is 5.03. The second-order valence-corrected chi connectivity index (χ2v) is 5.22. The minimum Gasteiger partial charge on any atom is -0.398 e. The molecule has 1 saturated heterocycles. The van der Waals surface area contributed by atoms with E-state index in [9.17, 15) is 9.59 Å². The van der Waals surface area contributed by atoms with Crippen molar-refractivity contribution < 1.29 is 14.3 Å². The van der Waals surface area contributed by atoms with Gasteiger partial charge in [-0.3, -0.25) is 9.59 Å². The maximum Gasteiger partial charge on any atom is 0.257 e. The summed E-state index contributed by atoms with van der Waals surface area (Å²) in [6, 6.07) is 5.00. The summed E-state index contributed by atoms with van der Waals surface area (Å²) >= 11 is 6.06. The van der Waals surface area contributed by atoms with E-state index < -0.39 is 0 Å². The monoisotopic (exact) mass is 311 g/mol. The molecule has 114 valence electrons. The first-order chi connectivity index (χ1) is 10.0. The van der Waals surface area contributed by atoms with Crippen LogP contribution in [0.25, 0.3) is 0 Å². The molecule has 21 heavy (non-hydrogen) atoms. The zero-order valence-corrected chi connectivity index (χ0v) is 12.6. The lowest BCUT2D eigenvalue weighted by atomic mass is 10.1. The summed E-state index contributed by atoms with van der Waals surface area (Å²) in [5, 5.41) is 0.345. The third-order valence-electron chi connectivity index (χ3n) is 3.45. The van der Waals surface area contributed by atoms with Gasteiger partial charge in [0.2, 0.25) is 5.91 Å². The predicted octanol–water partition coefficient (Wildman–Crippen LogP) is 0.853. The average Bonchev–Trinajstić information content (AvgIpc) is 2.47. The van der Waals surface area contributed by atoms with Crippen molar-refractivity contribution in [2.75, 3.05) is 45.6 Å². The summed E-state index contributed by atoms with van der Waals surface area (Å²) in [6.07, 6.45) is 0. The molecule has 0 saturated carbocycles. The van der Waals surface area contributed by atoms with E-state index in [0.717, 1.165) is 0 Å². The van der Waals surface area contributed by atoms with Crippen LogP contribution in [0.15, 0.2) is 18.2 Å². The molecule has 1 aromatic rings. The Morgan fingerprint density at radius 2 is 1.86 bits per heavy atom. The van der Waals surface area contributed by atoms with Crippen molar-refractivity contribution >= 4 is 29.1 Å². The standard InChI is InChI=1S/C14H18ClN3O3/c1-21-9-12(19)17-5-7-18(8-6-17)14(20)13-10(15)3-2-4-11(13)16/h2-4H,5-9,16H2,1H3. The highest BCUT2D eigenvalue weighted by molar-refractivity contribution is 6.34. The topological polar surface area (TPSA) is 75.9 Å². The van der Waals surface area contributed by atoms with E-state index >= 15 is 0 Å². The SMILES string of the molecule is COCC(=O)N1CCN(C(=O)c2c(N)cccc2Cl)CC1. The van der Waals surface area contributed by atoms with Crippen molar-refractivity contribution in [2.24, 2.45) is 0 Å². The zero-order valence-electron chi connectivity index (χ0n) is 11.8. The maximum atomic E-state index is 12.5.